The summed E-state index contributed by atoms with van der Waals surface area (Å²) in [5.41, 5.74) is -0.583. The Morgan fingerprint density at radius 3 is 2.62 bits per heavy atom. The van der Waals surface area contributed by atoms with E-state index in [9.17, 15) is 4.79 Å². The lowest BCUT2D eigenvalue weighted by molar-refractivity contribution is -0.157. The SMILES string of the molecule is [CH2]C1C(Cl)=CC=CC1(Cl)C(=O)OC(C)(C)C. The van der Waals surface area contributed by atoms with Crippen LogP contribution in [-0.2, 0) is 9.53 Å². The van der Waals surface area contributed by atoms with Crippen molar-refractivity contribution < 1.29 is 9.53 Å². The molecule has 0 aromatic carbocycles. The summed E-state index contributed by atoms with van der Waals surface area (Å²) >= 11 is 12.1. The Bertz CT molecular complexity index is 353. The Morgan fingerprint density at radius 2 is 2.12 bits per heavy atom. The maximum Gasteiger partial charge on any atom is 0.332 e. The van der Waals surface area contributed by atoms with Crippen molar-refractivity contribution in [3.8, 4) is 0 Å². The minimum Gasteiger partial charge on any atom is -0.458 e. The van der Waals surface area contributed by atoms with Crippen LogP contribution in [0.3, 0.4) is 0 Å². The molecule has 0 aromatic heterocycles. The highest BCUT2D eigenvalue weighted by molar-refractivity contribution is 6.38. The molecule has 1 aliphatic rings. The number of hydrogen-bond donors (Lipinski definition) is 0. The molecule has 89 valence electrons. The van der Waals surface area contributed by atoms with E-state index in [-0.39, 0.29) is 0 Å². The lowest BCUT2D eigenvalue weighted by Crippen LogP contribution is -2.43. The van der Waals surface area contributed by atoms with Crippen molar-refractivity contribution in [2.45, 2.75) is 31.2 Å². The molecule has 2 nitrogen and oxygen atoms in total. The van der Waals surface area contributed by atoms with E-state index < -0.39 is 22.4 Å². The smallest absolute Gasteiger partial charge is 0.332 e. The number of alkyl halides is 1. The third kappa shape index (κ3) is 2.80. The highest BCUT2D eigenvalue weighted by atomic mass is 35.5. The van der Waals surface area contributed by atoms with Crippen molar-refractivity contribution in [3.05, 3.63) is 30.2 Å². The highest BCUT2D eigenvalue weighted by Gasteiger charge is 2.45. The molecule has 0 saturated carbocycles. The van der Waals surface area contributed by atoms with Crippen molar-refractivity contribution in [1.82, 2.24) is 0 Å². The molecule has 0 aliphatic heterocycles. The average molecular weight is 262 g/mol. The van der Waals surface area contributed by atoms with Crippen LogP contribution in [0.15, 0.2) is 23.3 Å². The third-order valence-electron chi connectivity index (χ3n) is 2.15. The maximum absolute atomic E-state index is 12.0. The lowest BCUT2D eigenvalue weighted by atomic mass is 9.88. The van der Waals surface area contributed by atoms with Gasteiger partial charge in [-0.3, -0.25) is 0 Å². The third-order valence-corrected chi connectivity index (χ3v) is 3.08. The molecule has 0 N–H and O–H groups in total. The number of hydrogen-bond acceptors (Lipinski definition) is 2. The number of allylic oxidation sites excluding steroid dienone is 3. The Morgan fingerprint density at radius 1 is 1.56 bits per heavy atom. The summed E-state index contributed by atoms with van der Waals surface area (Å²) in [6, 6.07) is 0. The zero-order chi connectivity index (χ0) is 12.6. The number of rotatable bonds is 1. The van der Waals surface area contributed by atoms with Crippen LogP contribution in [0.1, 0.15) is 20.8 Å². The molecule has 2 atom stereocenters. The number of esters is 1. The first-order chi connectivity index (χ1) is 7.17. The molecule has 0 bridgehead atoms. The van der Waals surface area contributed by atoms with Gasteiger partial charge in [-0.2, -0.15) is 0 Å². The monoisotopic (exact) mass is 261 g/mol. The van der Waals surface area contributed by atoms with Crippen molar-refractivity contribution in [2.24, 2.45) is 5.92 Å². The molecule has 16 heavy (non-hydrogen) atoms. The van der Waals surface area contributed by atoms with E-state index >= 15 is 0 Å². The predicted octanol–water partition coefficient (Wildman–Crippen LogP) is 3.45. The first kappa shape index (κ1) is 13.6. The molecule has 1 radical (unpaired) electrons. The van der Waals surface area contributed by atoms with Gasteiger partial charge in [0.1, 0.15) is 5.60 Å². The molecule has 2 unspecified atom stereocenters. The van der Waals surface area contributed by atoms with E-state index in [1.807, 2.05) is 0 Å². The summed E-state index contributed by atoms with van der Waals surface area (Å²) in [4.78, 5) is 10.7. The molecule has 0 saturated heterocycles. The second-order valence-corrected chi connectivity index (χ2v) is 5.80. The van der Waals surface area contributed by atoms with Gasteiger partial charge in [-0.1, -0.05) is 23.8 Å². The number of carbonyl (C=O) groups excluding carboxylic acids is 1. The Labute approximate surface area is 106 Å². The molecule has 0 heterocycles. The van der Waals surface area contributed by atoms with Gasteiger partial charge >= 0.3 is 5.97 Å². The van der Waals surface area contributed by atoms with Crippen LogP contribution in [0.5, 0.6) is 0 Å². The van der Waals surface area contributed by atoms with E-state index in [0.717, 1.165) is 0 Å². The van der Waals surface area contributed by atoms with Crippen molar-refractivity contribution in [3.63, 3.8) is 0 Å². The number of halogens is 2. The maximum atomic E-state index is 12.0. The average Bonchev–Trinajstić information content (AvgIpc) is 2.11. The summed E-state index contributed by atoms with van der Waals surface area (Å²) in [6.07, 6.45) is 4.87. The lowest BCUT2D eigenvalue weighted by Gasteiger charge is -2.32. The quantitative estimate of drug-likeness (QED) is 0.534. The van der Waals surface area contributed by atoms with E-state index in [4.69, 9.17) is 27.9 Å². The molecule has 1 aliphatic carbocycles. The Kier molecular flexibility index (Phi) is 3.76. The van der Waals surface area contributed by atoms with Crippen LogP contribution < -0.4 is 0 Å². The second-order valence-electron chi connectivity index (χ2n) is 4.73. The number of ether oxygens (including phenoxy) is 1. The van der Waals surface area contributed by atoms with Gasteiger partial charge in [0.05, 0.1) is 0 Å². The fourth-order valence-corrected chi connectivity index (χ4v) is 1.81. The Balaban J connectivity index is 2.91. The van der Waals surface area contributed by atoms with Crippen LogP contribution >= 0.6 is 23.2 Å². The summed E-state index contributed by atoms with van der Waals surface area (Å²) in [5.74, 6) is -1.06. The molecule has 0 fully saturated rings. The fraction of sp³-hybridized carbons (Fsp3) is 0.500. The number of carbonyl (C=O) groups is 1. The van der Waals surface area contributed by atoms with Gasteiger partial charge in [0.25, 0.3) is 0 Å². The van der Waals surface area contributed by atoms with Gasteiger partial charge < -0.3 is 4.74 Å². The standard InChI is InChI=1S/C12H15Cl2O2/c1-8-9(13)6-5-7-12(8,14)10(15)16-11(2,3)4/h5-8H,1H2,2-4H3. The first-order valence-corrected chi connectivity index (χ1v) is 5.73. The molecular formula is C12H15Cl2O2. The zero-order valence-electron chi connectivity index (χ0n) is 9.59. The van der Waals surface area contributed by atoms with E-state index in [0.29, 0.717) is 5.03 Å². The molecule has 4 heteroatoms. The van der Waals surface area contributed by atoms with Crippen LogP contribution in [0.25, 0.3) is 0 Å². The van der Waals surface area contributed by atoms with Gasteiger partial charge in [0.2, 0.25) is 0 Å². The minimum atomic E-state index is -1.31. The highest BCUT2D eigenvalue weighted by Crippen LogP contribution is 2.38. The van der Waals surface area contributed by atoms with Gasteiger partial charge in [-0.25, -0.2) is 4.79 Å². The van der Waals surface area contributed by atoms with Crippen molar-refractivity contribution >= 4 is 29.2 Å². The van der Waals surface area contributed by atoms with Crippen LogP contribution in [-0.4, -0.2) is 16.4 Å². The van der Waals surface area contributed by atoms with E-state index in [1.165, 1.54) is 0 Å². The van der Waals surface area contributed by atoms with Crippen LogP contribution in [0, 0.1) is 12.8 Å². The molecular weight excluding hydrogens is 247 g/mol. The second kappa shape index (κ2) is 4.42. The normalized spacial score (nSPS) is 29.9. The van der Waals surface area contributed by atoms with Crippen molar-refractivity contribution in [1.29, 1.82) is 0 Å². The van der Waals surface area contributed by atoms with Gasteiger partial charge in [-0.15, -0.1) is 11.6 Å². The topological polar surface area (TPSA) is 26.3 Å². The fourth-order valence-electron chi connectivity index (χ4n) is 1.28. The Hall–Kier alpha value is -0.470. The largest absolute Gasteiger partial charge is 0.458 e. The molecule has 0 amide bonds. The van der Waals surface area contributed by atoms with Crippen LogP contribution in [0.2, 0.25) is 0 Å². The molecule has 0 spiro atoms. The summed E-state index contributed by atoms with van der Waals surface area (Å²) in [7, 11) is 0. The minimum absolute atomic E-state index is 0.448. The zero-order valence-corrected chi connectivity index (χ0v) is 11.1. The summed E-state index contributed by atoms with van der Waals surface area (Å²) in [6.45, 7) is 9.15. The van der Waals surface area contributed by atoms with E-state index in [2.05, 4.69) is 6.92 Å². The van der Waals surface area contributed by atoms with Crippen LogP contribution in [0.4, 0.5) is 0 Å². The van der Waals surface area contributed by atoms with Gasteiger partial charge in [0, 0.05) is 11.0 Å². The van der Waals surface area contributed by atoms with E-state index in [1.54, 1.807) is 39.0 Å². The summed E-state index contributed by atoms with van der Waals surface area (Å²) in [5, 5.41) is 0.448. The molecule has 1 rings (SSSR count). The van der Waals surface area contributed by atoms with Gasteiger partial charge in [0.15, 0.2) is 4.87 Å². The summed E-state index contributed by atoms with van der Waals surface area (Å²) < 4.78 is 5.25. The van der Waals surface area contributed by atoms with Crippen molar-refractivity contribution in [2.75, 3.05) is 0 Å². The molecule has 0 aromatic rings. The first-order valence-electron chi connectivity index (χ1n) is 4.97. The predicted molar refractivity (Wildman–Crippen MR) is 66.4 cm³/mol. The van der Waals surface area contributed by atoms with Gasteiger partial charge in [-0.05, 0) is 33.8 Å².